The van der Waals surface area contributed by atoms with Crippen molar-refractivity contribution < 1.29 is 4.90 Å². The topological polar surface area (TPSA) is 46.7 Å². The fraction of sp³-hybridized carbons (Fsp3) is 0.333. The Balaban J connectivity index is 2.06. The molecular formula is C18H24N5+. The van der Waals surface area contributed by atoms with E-state index in [-0.39, 0.29) is 0 Å². The van der Waals surface area contributed by atoms with Crippen LogP contribution in [0.3, 0.4) is 0 Å². The van der Waals surface area contributed by atoms with Crippen molar-refractivity contribution in [3.63, 3.8) is 0 Å². The van der Waals surface area contributed by atoms with Crippen LogP contribution in [0.4, 0.5) is 5.82 Å². The normalized spacial score (nSPS) is 11.3. The molecule has 1 aromatic carbocycles. The summed E-state index contributed by atoms with van der Waals surface area (Å²) in [6.45, 7) is 6.10. The van der Waals surface area contributed by atoms with Gasteiger partial charge in [0.05, 0.1) is 33.4 Å². The third-order valence-electron chi connectivity index (χ3n) is 4.13. The van der Waals surface area contributed by atoms with Crippen molar-refractivity contribution >= 4 is 11.5 Å². The van der Waals surface area contributed by atoms with E-state index in [1.807, 2.05) is 28.9 Å². The van der Waals surface area contributed by atoms with Crippen LogP contribution in [-0.2, 0) is 0 Å². The second-order valence-corrected chi connectivity index (χ2v) is 6.21. The molecule has 0 saturated heterocycles. The molecule has 3 aromatic rings. The molecule has 0 aliphatic heterocycles. The average molecular weight is 310 g/mol. The molecule has 0 atom stereocenters. The third-order valence-corrected chi connectivity index (χ3v) is 4.13. The SMILES string of the molecule is Cc1nc2c(-c3ccccc3)cnn2c(NCC[NH+](C)C)c1C. The Morgan fingerprint density at radius 1 is 1.13 bits per heavy atom. The number of hydrogen-bond donors (Lipinski definition) is 2. The Kier molecular flexibility index (Phi) is 4.30. The minimum absolute atomic E-state index is 0.902. The molecule has 2 heterocycles. The number of benzene rings is 1. The van der Waals surface area contributed by atoms with Gasteiger partial charge < -0.3 is 10.2 Å². The molecule has 2 aromatic heterocycles. The Labute approximate surface area is 137 Å². The highest BCUT2D eigenvalue weighted by atomic mass is 15.3. The number of likely N-dealkylation sites (N-methyl/N-ethyl adjacent to an activating group) is 1. The molecule has 0 aliphatic rings. The standard InChI is InChI=1S/C18H23N5/c1-13-14(2)21-18-16(15-8-6-5-7-9-15)12-20-23(18)17(13)19-10-11-22(3)4/h5-9,12,19H,10-11H2,1-4H3/p+1. The van der Waals surface area contributed by atoms with Gasteiger partial charge >= 0.3 is 0 Å². The van der Waals surface area contributed by atoms with Crippen molar-refractivity contribution in [1.82, 2.24) is 14.6 Å². The van der Waals surface area contributed by atoms with Gasteiger partial charge in [0.25, 0.3) is 0 Å². The van der Waals surface area contributed by atoms with Gasteiger partial charge in [-0.3, -0.25) is 0 Å². The van der Waals surface area contributed by atoms with Crippen molar-refractivity contribution in [3.05, 3.63) is 47.8 Å². The zero-order chi connectivity index (χ0) is 16.4. The van der Waals surface area contributed by atoms with Crippen molar-refractivity contribution in [2.45, 2.75) is 13.8 Å². The average Bonchev–Trinajstić information content (AvgIpc) is 2.95. The Morgan fingerprint density at radius 2 is 1.87 bits per heavy atom. The summed E-state index contributed by atoms with van der Waals surface area (Å²) in [5, 5.41) is 8.11. The predicted octanol–water partition coefficient (Wildman–Crippen LogP) is 1.57. The number of fused-ring (bicyclic) bond motifs is 1. The minimum Gasteiger partial charge on any atom is -0.364 e. The lowest BCUT2D eigenvalue weighted by atomic mass is 10.1. The number of aromatic nitrogens is 3. The summed E-state index contributed by atoms with van der Waals surface area (Å²) in [5.41, 5.74) is 5.29. The summed E-state index contributed by atoms with van der Waals surface area (Å²) in [6, 6.07) is 10.3. The fourth-order valence-corrected chi connectivity index (χ4v) is 2.65. The molecule has 3 rings (SSSR count). The van der Waals surface area contributed by atoms with Crippen molar-refractivity contribution in [1.29, 1.82) is 0 Å². The van der Waals surface area contributed by atoms with E-state index in [2.05, 4.69) is 50.5 Å². The lowest BCUT2D eigenvalue weighted by molar-refractivity contribution is -0.856. The lowest BCUT2D eigenvalue weighted by Crippen LogP contribution is -3.06. The van der Waals surface area contributed by atoms with Crippen LogP contribution in [0.1, 0.15) is 11.3 Å². The Bertz CT molecular complexity index is 805. The smallest absolute Gasteiger partial charge is 0.165 e. The van der Waals surface area contributed by atoms with Crippen LogP contribution in [0, 0.1) is 13.8 Å². The third kappa shape index (κ3) is 3.05. The molecule has 0 unspecified atom stereocenters. The van der Waals surface area contributed by atoms with Crippen LogP contribution >= 0.6 is 0 Å². The van der Waals surface area contributed by atoms with Gasteiger partial charge in [-0.2, -0.15) is 9.61 Å². The fourth-order valence-electron chi connectivity index (χ4n) is 2.65. The van der Waals surface area contributed by atoms with E-state index >= 15 is 0 Å². The molecule has 0 spiro atoms. The number of rotatable bonds is 5. The number of hydrogen-bond acceptors (Lipinski definition) is 3. The van der Waals surface area contributed by atoms with Gasteiger partial charge in [-0.1, -0.05) is 30.3 Å². The van der Waals surface area contributed by atoms with E-state index in [1.165, 1.54) is 4.90 Å². The van der Waals surface area contributed by atoms with Crippen molar-refractivity contribution in [2.24, 2.45) is 0 Å². The molecule has 0 radical (unpaired) electrons. The highest BCUT2D eigenvalue weighted by molar-refractivity contribution is 5.78. The Hall–Kier alpha value is -2.40. The second kappa shape index (κ2) is 6.38. The molecule has 0 fully saturated rings. The number of nitrogens with one attached hydrogen (secondary N) is 2. The lowest BCUT2D eigenvalue weighted by Gasteiger charge is -2.14. The first-order valence-electron chi connectivity index (χ1n) is 8.01. The van der Waals surface area contributed by atoms with Crippen LogP contribution in [-0.4, -0.2) is 41.8 Å². The van der Waals surface area contributed by atoms with Crippen molar-refractivity contribution in [2.75, 3.05) is 32.5 Å². The van der Waals surface area contributed by atoms with E-state index < -0.39 is 0 Å². The van der Waals surface area contributed by atoms with Crippen LogP contribution in [0.5, 0.6) is 0 Å². The maximum atomic E-state index is 4.77. The van der Waals surface area contributed by atoms with E-state index in [4.69, 9.17) is 4.98 Å². The van der Waals surface area contributed by atoms with E-state index in [9.17, 15) is 0 Å². The predicted molar refractivity (Wildman–Crippen MR) is 94.1 cm³/mol. The molecule has 0 bridgehead atoms. The van der Waals surface area contributed by atoms with Gasteiger partial charge in [-0.05, 0) is 19.4 Å². The van der Waals surface area contributed by atoms with Crippen molar-refractivity contribution in [3.8, 4) is 11.1 Å². The van der Waals surface area contributed by atoms with Gasteiger partial charge in [0.15, 0.2) is 5.65 Å². The number of aryl methyl sites for hydroxylation is 1. The summed E-state index contributed by atoms with van der Waals surface area (Å²) in [7, 11) is 4.31. The zero-order valence-corrected chi connectivity index (χ0v) is 14.2. The van der Waals surface area contributed by atoms with E-state index in [0.29, 0.717) is 0 Å². The molecular weight excluding hydrogens is 286 g/mol. The molecule has 0 aliphatic carbocycles. The molecule has 0 saturated carbocycles. The van der Waals surface area contributed by atoms with Gasteiger partial charge in [-0.25, -0.2) is 4.98 Å². The highest BCUT2D eigenvalue weighted by Gasteiger charge is 2.15. The number of quaternary nitrogens is 1. The van der Waals surface area contributed by atoms with Crippen LogP contribution < -0.4 is 10.2 Å². The first-order valence-corrected chi connectivity index (χ1v) is 8.01. The molecule has 2 N–H and O–H groups in total. The molecule has 5 nitrogen and oxygen atoms in total. The number of anilines is 1. The molecule has 23 heavy (non-hydrogen) atoms. The van der Waals surface area contributed by atoms with Crippen LogP contribution in [0.25, 0.3) is 16.8 Å². The maximum Gasteiger partial charge on any atom is 0.165 e. The molecule has 5 heteroatoms. The monoisotopic (exact) mass is 310 g/mol. The van der Waals surface area contributed by atoms with Gasteiger partial charge in [0.1, 0.15) is 5.82 Å². The molecule has 120 valence electrons. The van der Waals surface area contributed by atoms with Gasteiger partial charge in [0, 0.05) is 16.8 Å². The molecule has 0 amide bonds. The zero-order valence-electron chi connectivity index (χ0n) is 14.2. The van der Waals surface area contributed by atoms with Crippen LogP contribution in [0.2, 0.25) is 0 Å². The van der Waals surface area contributed by atoms with E-state index in [1.54, 1.807) is 0 Å². The summed E-state index contributed by atoms with van der Waals surface area (Å²) < 4.78 is 1.93. The first kappa shape index (κ1) is 15.5. The first-order chi connectivity index (χ1) is 11.1. The summed E-state index contributed by atoms with van der Waals surface area (Å²) >= 11 is 0. The minimum atomic E-state index is 0.902. The largest absolute Gasteiger partial charge is 0.364 e. The summed E-state index contributed by atoms with van der Waals surface area (Å²) in [5.74, 6) is 1.04. The summed E-state index contributed by atoms with van der Waals surface area (Å²) in [6.07, 6.45) is 1.90. The Morgan fingerprint density at radius 3 is 2.57 bits per heavy atom. The highest BCUT2D eigenvalue weighted by Crippen LogP contribution is 2.27. The van der Waals surface area contributed by atoms with Gasteiger partial charge in [0.2, 0.25) is 0 Å². The second-order valence-electron chi connectivity index (χ2n) is 6.21. The summed E-state index contributed by atoms with van der Waals surface area (Å²) in [4.78, 5) is 6.19. The maximum absolute atomic E-state index is 4.77. The van der Waals surface area contributed by atoms with E-state index in [0.717, 1.165) is 46.9 Å². The number of nitrogens with zero attached hydrogens (tertiary/aromatic N) is 3. The van der Waals surface area contributed by atoms with Gasteiger partial charge in [-0.15, -0.1) is 0 Å². The van der Waals surface area contributed by atoms with Crippen LogP contribution in [0.15, 0.2) is 36.5 Å². The quantitative estimate of drug-likeness (QED) is 0.752.